The van der Waals surface area contributed by atoms with Crippen molar-refractivity contribution in [1.29, 1.82) is 0 Å². The number of carbonyl (C=O) groups is 3. The van der Waals surface area contributed by atoms with E-state index in [1.807, 2.05) is 6.92 Å². The lowest BCUT2D eigenvalue weighted by Crippen LogP contribution is -2.46. The number of nitrogens with zero attached hydrogens (tertiary/aromatic N) is 2. The topological polar surface area (TPSA) is 139 Å². The number of aryl methyl sites for hydroxylation is 2. The standard InChI is InChI=1S/C12H19N5O4/c1-7-8(6-17(2)16-7)5-14-12(21)15-9(11(19)20)3-4-10(13)18/h6,9H,3-5H2,1-2H3,(H2,13,18)(H,19,20)(H2,14,15,21)/t9-/m1/s1. The van der Waals surface area contributed by atoms with Crippen molar-refractivity contribution in [2.24, 2.45) is 12.8 Å². The Kier molecular flexibility index (Phi) is 5.70. The van der Waals surface area contributed by atoms with Gasteiger partial charge in [0.2, 0.25) is 5.91 Å². The van der Waals surface area contributed by atoms with Gasteiger partial charge in [-0.05, 0) is 13.3 Å². The first kappa shape index (κ1) is 16.5. The molecule has 9 heteroatoms. The van der Waals surface area contributed by atoms with Crippen LogP contribution in [0.5, 0.6) is 0 Å². The predicted octanol–water partition coefficient (Wildman–Crippen LogP) is -0.754. The first-order chi connectivity index (χ1) is 9.79. The van der Waals surface area contributed by atoms with E-state index in [1.165, 1.54) is 0 Å². The lowest BCUT2D eigenvalue weighted by molar-refractivity contribution is -0.139. The summed E-state index contributed by atoms with van der Waals surface area (Å²) in [4.78, 5) is 33.3. The van der Waals surface area contributed by atoms with E-state index in [0.29, 0.717) is 0 Å². The molecule has 1 aromatic rings. The fraction of sp³-hybridized carbons (Fsp3) is 0.500. The van der Waals surface area contributed by atoms with Crippen LogP contribution >= 0.6 is 0 Å². The largest absolute Gasteiger partial charge is 0.480 e. The Bertz CT molecular complexity index is 540. The molecule has 9 nitrogen and oxygen atoms in total. The maximum atomic E-state index is 11.7. The minimum atomic E-state index is -1.22. The van der Waals surface area contributed by atoms with Gasteiger partial charge in [0, 0.05) is 31.8 Å². The van der Waals surface area contributed by atoms with Crippen molar-refractivity contribution in [2.75, 3.05) is 0 Å². The highest BCUT2D eigenvalue weighted by Crippen LogP contribution is 2.03. The van der Waals surface area contributed by atoms with E-state index in [1.54, 1.807) is 17.9 Å². The monoisotopic (exact) mass is 297 g/mol. The van der Waals surface area contributed by atoms with Crippen molar-refractivity contribution in [3.05, 3.63) is 17.5 Å². The third kappa shape index (κ3) is 5.51. The lowest BCUT2D eigenvalue weighted by Gasteiger charge is -2.14. The zero-order valence-electron chi connectivity index (χ0n) is 11.9. The molecular weight excluding hydrogens is 278 g/mol. The maximum Gasteiger partial charge on any atom is 0.326 e. The zero-order chi connectivity index (χ0) is 16.0. The molecule has 3 amide bonds. The second kappa shape index (κ2) is 7.27. The quantitative estimate of drug-likeness (QED) is 0.524. The summed E-state index contributed by atoms with van der Waals surface area (Å²) in [6, 6.07) is -1.79. The van der Waals surface area contributed by atoms with Gasteiger partial charge in [-0.2, -0.15) is 5.10 Å². The number of hydrogen-bond acceptors (Lipinski definition) is 4. The van der Waals surface area contributed by atoms with Crippen LogP contribution in [0, 0.1) is 6.92 Å². The number of hydrogen-bond donors (Lipinski definition) is 4. The average Bonchev–Trinajstić information content (AvgIpc) is 2.69. The van der Waals surface area contributed by atoms with E-state index in [0.717, 1.165) is 11.3 Å². The Morgan fingerprint density at radius 1 is 1.48 bits per heavy atom. The van der Waals surface area contributed by atoms with Crippen molar-refractivity contribution in [3.63, 3.8) is 0 Å². The van der Waals surface area contributed by atoms with Gasteiger partial charge in [-0.25, -0.2) is 9.59 Å². The minimum absolute atomic E-state index is 0.0516. The molecule has 1 rings (SSSR count). The molecule has 1 aromatic heterocycles. The molecular formula is C12H19N5O4. The van der Waals surface area contributed by atoms with Gasteiger partial charge in [0.1, 0.15) is 6.04 Å². The summed E-state index contributed by atoms with van der Waals surface area (Å²) in [5.74, 6) is -1.83. The Morgan fingerprint density at radius 2 is 2.14 bits per heavy atom. The lowest BCUT2D eigenvalue weighted by atomic mass is 10.1. The van der Waals surface area contributed by atoms with Gasteiger partial charge in [-0.1, -0.05) is 0 Å². The zero-order valence-corrected chi connectivity index (χ0v) is 11.9. The highest BCUT2D eigenvalue weighted by molar-refractivity contribution is 5.83. The summed E-state index contributed by atoms with van der Waals surface area (Å²) in [7, 11) is 1.76. The van der Waals surface area contributed by atoms with Gasteiger partial charge in [0.05, 0.1) is 5.69 Å². The Balaban J connectivity index is 2.48. The number of aromatic nitrogens is 2. The molecule has 0 saturated carbocycles. The van der Waals surface area contributed by atoms with Gasteiger partial charge in [0.15, 0.2) is 0 Å². The SMILES string of the molecule is Cc1nn(C)cc1CNC(=O)N[C@H](CCC(N)=O)C(=O)O. The molecule has 5 N–H and O–H groups in total. The summed E-state index contributed by atoms with van der Waals surface area (Å²) in [5, 5.41) is 17.9. The average molecular weight is 297 g/mol. The molecule has 0 aromatic carbocycles. The number of carboxylic acid groups (broad SMARTS) is 1. The number of carbonyl (C=O) groups excluding carboxylic acids is 2. The van der Waals surface area contributed by atoms with Gasteiger partial charge < -0.3 is 21.5 Å². The van der Waals surface area contributed by atoms with Gasteiger partial charge >= 0.3 is 12.0 Å². The molecule has 0 aliphatic rings. The number of amides is 3. The Morgan fingerprint density at radius 3 is 2.62 bits per heavy atom. The second-order valence-corrected chi connectivity index (χ2v) is 4.64. The summed E-state index contributed by atoms with van der Waals surface area (Å²) in [6.45, 7) is 2.04. The van der Waals surface area contributed by atoms with Gasteiger partial charge in [0.25, 0.3) is 0 Å². The second-order valence-electron chi connectivity index (χ2n) is 4.64. The number of nitrogens with two attached hydrogens (primary N) is 1. The first-order valence-corrected chi connectivity index (χ1v) is 6.34. The maximum absolute atomic E-state index is 11.7. The molecule has 0 aliphatic carbocycles. The van der Waals surface area contributed by atoms with Crippen molar-refractivity contribution < 1.29 is 19.5 Å². The molecule has 0 spiro atoms. The number of carboxylic acids is 1. The molecule has 116 valence electrons. The molecule has 0 bridgehead atoms. The van der Waals surface area contributed by atoms with Crippen LogP contribution in [0.25, 0.3) is 0 Å². The number of urea groups is 1. The number of aliphatic carboxylic acids is 1. The van der Waals surface area contributed by atoms with E-state index in [4.69, 9.17) is 10.8 Å². The summed E-state index contributed by atoms with van der Waals surface area (Å²) >= 11 is 0. The van der Waals surface area contributed by atoms with E-state index >= 15 is 0 Å². The number of primary amides is 1. The van der Waals surface area contributed by atoms with Crippen molar-refractivity contribution in [1.82, 2.24) is 20.4 Å². The molecule has 0 saturated heterocycles. The first-order valence-electron chi connectivity index (χ1n) is 6.34. The van der Waals surface area contributed by atoms with E-state index in [-0.39, 0.29) is 19.4 Å². The smallest absolute Gasteiger partial charge is 0.326 e. The molecule has 0 aliphatic heterocycles. The van der Waals surface area contributed by atoms with Crippen molar-refractivity contribution in [2.45, 2.75) is 32.4 Å². The van der Waals surface area contributed by atoms with Gasteiger partial charge in [-0.3, -0.25) is 9.48 Å². The van der Waals surface area contributed by atoms with Crippen LogP contribution in [0.15, 0.2) is 6.20 Å². The van der Waals surface area contributed by atoms with Crippen LogP contribution in [-0.2, 0) is 23.2 Å². The van der Waals surface area contributed by atoms with Crippen molar-refractivity contribution in [3.8, 4) is 0 Å². The highest BCUT2D eigenvalue weighted by Gasteiger charge is 2.20. The molecule has 1 heterocycles. The van der Waals surface area contributed by atoms with E-state index < -0.39 is 23.9 Å². The summed E-state index contributed by atoms with van der Waals surface area (Å²) < 4.78 is 1.62. The fourth-order valence-electron chi connectivity index (χ4n) is 1.75. The molecule has 0 fully saturated rings. The number of rotatable bonds is 7. The normalized spacial score (nSPS) is 11.7. The highest BCUT2D eigenvalue weighted by atomic mass is 16.4. The third-order valence-electron chi connectivity index (χ3n) is 2.84. The van der Waals surface area contributed by atoms with Crippen LogP contribution < -0.4 is 16.4 Å². The minimum Gasteiger partial charge on any atom is -0.480 e. The van der Waals surface area contributed by atoms with Crippen LogP contribution in [0.3, 0.4) is 0 Å². The molecule has 0 radical (unpaired) electrons. The van der Waals surface area contributed by atoms with Crippen LogP contribution in [0.1, 0.15) is 24.1 Å². The number of nitrogens with one attached hydrogen (secondary N) is 2. The molecule has 1 atom stereocenters. The van der Waals surface area contributed by atoms with Crippen LogP contribution in [0.2, 0.25) is 0 Å². The van der Waals surface area contributed by atoms with Gasteiger partial charge in [-0.15, -0.1) is 0 Å². The molecule has 0 unspecified atom stereocenters. The predicted molar refractivity (Wildman–Crippen MR) is 73.2 cm³/mol. The van der Waals surface area contributed by atoms with E-state index in [2.05, 4.69) is 15.7 Å². The summed E-state index contributed by atoms with van der Waals surface area (Å²) in [5.41, 5.74) is 6.57. The fourth-order valence-corrected chi connectivity index (χ4v) is 1.75. The molecule has 21 heavy (non-hydrogen) atoms. The third-order valence-corrected chi connectivity index (χ3v) is 2.84. The summed E-state index contributed by atoms with van der Waals surface area (Å²) in [6.07, 6.45) is 1.60. The van der Waals surface area contributed by atoms with Crippen molar-refractivity contribution >= 4 is 17.9 Å². The Hall–Kier alpha value is -2.58. The Labute approximate surface area is 121 Å². The van der Waals surface area contributed by atoms with Crippen LogP contribution in [0.4, 0.5) is 4.79 Å². The van der Waals surface area contributed by atoms with Crippen LogP contribution in [-0.4, -0.2) is 38.8 Å². The van der Waals surface area contributed by atoms with E-state index in [9.17, 15) is 14.4 Å².